The summed E-state index contributed by atoms with van der Waals surface area (Å²) in [5.74, 6) is 0.882. The van der Waals surface area contributed by atoms with Crippen molar-refractivity contribution in [3.8, 4) is 5.75 Å². The normalized spacial score (nSPS) is 11.3. The molecule has 3 nitrogen and oxygen atoms in total. The minimum absolute atomic E-state index is 0.882. The van der Waals surface area contributed by atoms with Crippen LogP contribution in [0.2, 0.25) is 0 Å². The van der Waals surface area contributed by atoms with E-state index in [2.05, 4.69) is 52.8 Å². The molecule has 0 aliphatic heterocycles. The number of nitrogens with one attached hydrogen (secondary N) is 2. The number of methoxy groups -OCH3 is 1. The predicted molar refractivity (Wildman–Crippen MR) is 89.4 cm³/mol. The van der Waals surface area contributed by atoms with Crippen molar-refractivity contribution in [2.24, 2.45) is 0 Å². The highest BCUT2D eigenvalue weighted by Crippen LogP contribution is 2.34. The molecular weight excluding hydrogens is 260 g/mol. The summed E-state index contributed by atoms with van der Waals surface area (Å²) >= 11 is 0. The lowest BCUT2D eigenvalue weighted by atomic mass is 10.0. The van der Waals surface area contributed by atoms with Gasteiger partial charge >= 0.3 is 0 Å². The van der Waals surface area contributed by atoms with Gasteiger partial charge in [-0.05, 0) is 47.2 Å². The second kappa shape index (κ2) is 4.42. The maximum atomic E-state index is 5.37. The Bertz CT molecular complexity index is 969. The first-order valence-corrected chi connectivity index (χ1v) is 7.00. The molecule has 2 N–H and O–H groups in total. The molecule has 0 saturated heterocycles. The lowest BCUT2D eigenvalue weighted by Gasteiger charge is -2.05. The van der Waals surface area contributed by atoms with Crippen molar-refractivity contribution < 1.29 is 4.74 Å². The monoisotopic (exact) mass is 276 g/mol. The standard InChI is InChI=1S/C18H16N2O/c1-19-12-4-6-14-11(9-12)3-7-17-18(14)15-10-13(21-2)5-8-16(15)20-17/h3-10,19-20H,1-2H3. The molecule has 3 aromatic carbocycles. The molecule has 4 aromatic rings. The van der Waals surface area contributed by atoms with E-state index in [0.717, 1.165) is 22.5 Å². The van der Waals surface area contributed by atoms with E-state index in [1.54, 1.807) is 7.11 Å². The summed E-state index contributed by atoms with van der Waals surface area (Å²) in [6.07, 6.45) is 0. The number of hydrogen-bond donors (Lipinski definition) is 2. The van der Waals surface area contributed by atoms with Crippen LogP contribution in [0.25, 0.3) is 32.6 Å². The van der Waals surface area contributed by atoms with Gasteiger partial charge in [-0.25, -0.2) is 0 Å². The number of H-pyrrole nitrogens is 1. The molecule has 0 radical (unpaired) electrons. The SMILES string of the molecule is CNc1ccc2c(ccc3[nH]c4ccc(OC)cc4c32)c1. The first kappa shape index (κ1) is 12.1. The molecule has 0 fully saturated rings. The van der Waals surface area contributed by atoms with Crippen molar-refractivity contribution in [3.05, 3.63) is 48.5 Å². The second-order valence-electron chi connectivity index (χ2n) is 5.21. The van der Waals surface area contributed by atoms with Crippen LogP contribution in [0.5, 0.6) is 5.75 Å². The molecule has 1 heterocycles. The van der Waals surface area contributed by atoms with Crippen molar-refractivity contribution >= 4 is 38.3 Å². The number of fused-ring (bicyclic) bond motifs is 5. The quantitative estimate of drug-likeness (QED) is 0.564. The van der Waals surface area contributed by atoms with Gasteiger partial charge in [0.2, 0.25) is 0 Å². The third-order valence-electron chi connectivity index (χ3n) is 4.07. The number of hydrogen-bond acceptors (Lipinski definition) is 2. The Hall–Kier alpha value is -2.68. The van der Waals surface area contributed by atoms with Gasteiger partial charge in [-0.15, -0.1) is 0 Å². The smallest absolute Gasteiger partial charge is 0.119 e. The molecule has 0 unspecified atom stereocenters. The average Bonchev–Trinajstić information content (AvgIpc) is 2.92. The van der Waals surface area contributed by atoms with E-state index in [1.807, 2.05) is 13.1 Å². The van der Waals surface area contributed by atoms with Crippen LogP contribution in [0.3, 0.4) is 0 Å². The highest BCUT2D eigenvalue weighted by atomic mass is 16.5. The van der Waals surface area contributed by atoms with E-state index in [1.165, 1.54) is 21.5 Å². The summed E-state index contributed by atoms with van der Waals surface area (Å²) in [6, 6.07) is 16.9. The molecular formula is C18H16N2O. The summed E-state index contributed by atoms with van der Waals surface area (Å²) in [5.41, 5.74) is 3.42. The van der Waals surface area contributed by atoms with E-state index in [-0.39, 0.29) is 0 Å². The number of aromatic amines is 1. The fraction of sp³-hybridized carbons (Fsp3) is 0.111. The minimum Gasteiger partial charge on any atom is -0.497 e. The third-order valence-corrected chi connectivity index (χ3v) is 4.07. The Morgan fingerprint density at radius 2 is 1.76 bits per heavy atom. The van der Waals surface area contributed by atoms with Gasteiger partial charge in [0.05, 0.1) is 7.11 Å². The van der Waals surface area contributed by atoms with E-state index in [0.29, 0.717) is 0 Å². The van der Waals surface area contributed by atoms with Crippen LogP contribution in [-0.4, -0.2) is 19.1 Å². The van der Waals surface area contributed by atoms with Gasteiger partial charge < -0.3 is 15.0 Å². The highest BCUT2D eigenvalue weighted by Gasteiger charge is 2.09. The molecule has 3 heteroatoms. The molecule has 0 spiro atoms. The van der Waals surface area contributed by atoms with Crippen LogP contribution in [0.15, 0.2) is 48.5 Å². The zero-order valence-electron chi connectivity index (χ0n) is 12.0. The predicted octanol–water partition coefficient (Wildman–Crippen LogP) is 4.52. The topological polar surface area (TPSA) is 37.0 Å². The van der Waals surface area contributed by atoms with Crippen molar-refractivity contribution in [2.75, 3.05) is 19.5 Å². The number of anilines is 1. The van der Waals surface area contributed by atoms with Crippen LogP contribution in [0.1, 0.15) is 0 Å². The maximum Gasteiger partial charge on any atom is 0.119 e. The second-order valence-corrected chi connectivity index (χ2v) is 5.21. The van der Waals surface area contributed by atoms with Gasteiger partial charge in [0, 0.05) is 34.5 Å². The minimum atomic E-state index is 0.882. The molecule has 4 rings (SSSR count). The molecule has 0 bridgehead atoms. The van der Waals surface area contributed by atoms with Crippen LogP contribution in [0.4, 0.5) is 5.69 Å². The number of aromatic nitrogens is 1. The Balaban J connectivity index is 2.16. The van der Waals surface area contributed by atoms with E-state index in [4.69, 9.17) is 4.74 Å². The Morgan fingerprint density at radius 1 is 0.905 bits per heavy atom. The van der Waals surface area contributed by atoms with E-state index < -0.39 is 0 Å². The first-order chi connectivity index (χ1) is 10.3. The molecule has 0 amide bonds. The lowest BCUT2D eigenvalue weighted by Crippen LogP contribution is -1.87. The fourth-order valence-corrected chi connectivity index (χ4v) is 2.99. The molecule has 0 aliphatic carbocycles. The third kappa shape index (κ3) is 1.74. The van der Waals surface area contributed by atoms with Crippen LogP contribution in [-0.2, 0) is 0 Å². The highest BCUT2D eigenvalue weighted by molar-refractivity contribution is 6.20. The Kier molecular flexibility index (Phi) is 2.54. The molecule has 0 aliphatic rings. The summed E-state index contributed by atoms with van der Waals surface area (Å²) < 4.78 is 5.37. The molecule has 0 atom stereocenters. The molecule has 1 aromatic heterocycles. The van der Waals surface area contributed by atoms with Gasteiger partial charge in [-0.3, -0.25) is 0 Å². The summed E-state index contributed by atoms with van der Waals surface area (Å²) in [7, 11) is 3.64. The summed E-state index contributed by atoms with van der Waals surface area (Å²) in [5, 5.41) is 8.13. The molecule has 0 saturated carbocycles. The zero-order valence-corrected chi connectivity index (χ0v) is 12.0. The van der Waals surface area contributed by atoms with Gasteiger partial charge in [-0.1, -0.05) is 12.1 Å². The molecule has 104 valence electrons. The van der Waals surface area contributed by atoms with Crippen LogP contribution in [0, 0.1) is 0 Å². The average molecular weight is 276 g/mol. The Morgan fingerprint density at radius 3 is 2.57 bits per heavy atom. The van der Waals surface area contributed by atoms with Crippen LogP contribution < -0.4 is 10.1 Å². The van der Waals surface area contributed by atoms with E-state index in [9.17, 15) is 0 Å². The Labute approximate surface area is 122 Å². The summed E-state index contributed by atoms with van der Waals surface area (Å²) in [6.45, 7) is 0. The lowest BCUT2D eigenvalue weighted by molar-refractivity contribution is 0.415. The fourth-order valence-electron chi connectivity index (χ4n) is 2.99. The van der Waals surface area contributed by atoms with Gasteiger partial charge in [0.1, 0.15) is 5.75 Å². The van der Waals surface area contributed by atoms with Crippen LogP contribution >= 0.6 is 0 Å². The van der Waals surface area contributed by atoms with Crippen molar-refractivity contribution in [1.82, 2.24) is 4.98 Å². The van der Waals surface area contributed by atoms with E-state index >= 15 is 0 Å². The van der Waals surface area contributed by atoms with Crippen molar-refractivity contribution in [3.63, 3.8) is 0 Å². The maximum absolute atomic E-state index is 5.37. The summed E-state index contributed by atoms with van der Waals surface area (Å²) in [4.78, 5) is 3.48. The number of rotatable bonds is 2. The first-order valence-electron chi connectivity index (χ1n) is 7.00. The molecule has 21 heavy (non-hydrogen) atoms. The largest absolute Gasteiger partial charge is 0.497 e. The van der Waals surface area contributed by atoms with Gasteiger partial charge in [0.25, 0.3) is 0 Å². The van der Waals surface area contributed by atoms with Gasteiger partial charge in [0.15, 0.2) is 0 Å². The van der Waals surface area contributed by atoms with Crippen molar-refractivity contribution in [2.45, 2.75) is 0 Å². The number of benzene rings is 3. The number of ether oxygens (including phenoxy) is 1. The van der Waals surface area contributed by atoms with Crippen molar-refractivity contribution in [1.29, 1.82) is 0 Å². The zero-order chi connectivity index (χ0) is 14.4. The van der Waals surface area contributed by atoms with Gasteiger partial charge in [-0.2, -0.15) is 0 Å².